The average Bonchev–Trinajstić information content (AvgIpc) is 2.83. The molecule has 8 heteroatoms. The molecule has 0 aliphatic heterocycles. The van der Waals surface area contributed by atoms with Crippen molar-refractivity contribution in [2.24, 2.45) is 0 Å². The highest BCUT2D eigenvalue weighted by Gasteiger charge is 2.18. The lowest BCUT2D eigenvalue weighted by atomic mass is 9.98. The number of ether oxygens (including phenoxy) is 1. The van der Waals surface area contributed by atoms with Crippen molar-refractivity contribution in [2.75, 3.05) is 0 Å². The zero-order valence-corrected chi connectivity index (χ0v) is 20.5. The number of carbonyl (C=O) groups excluding carboxylic acids is 1. The van der Waals surface area contributed by atoms with Crippen LogP contribution in [0.25, 0.3) is 22.1 Å². The van der Waals surface area contributed by atoms with Gasteiger partial charge < -0.3 is 14.3 Å². The van der Waals surface area contributed by atoms with E-state index in [4.69, 9.17) is 25.9 Å². The lowest BCUT2D eigenvalue weighted by molar-refractivity contribution is -0.121. The predicted molar refractivity (Wildman–Crippen MR) is 138 cm³/mol. The standard InChI is InChI=1S/C28H24ClNO6/c1-3-5-19-12-18(23-15-26(31)36-25-14-20(29)9-10-22(23)25)8-11-24(19)35-21-7-4-6-17(13-21)16(2)27(32)30-28(33)34/h4,6-16H,3,5H2,1-2H3,(H,30,32)(H,33,34). The van der Waals surface area contributed by atoms with Crippen LogP contribution >= 0.6 is 11.6 Å². The van der Waals surface area contributed by atoms with Gasteiger partial charge in [0, 0.05) is 22.5 Å². The summed E-state index contributed by atoms with van der Waals surface area (Å²) in [6.45, 7) is 3.69. The van der Waals surface area contributed by atoms with Crippen molar-refractivity contribution in [1.29, 1.82) is 0 Å². The Balaban J connectivity index is 1.68. The van der Waals surface area contributed by atoms with Crippen LogP contribution in [-0.2, 0) is 11.2 Å². The van der Waals surface area contributed by atoms with Crippen LogP contribution in [0.5, 0.6) is 11.5 Å². The average molecular weight is 506 g/mol. The first kappa shape index (κ1) is 25.0. The minimum Gasteiger partial charge on any atom is -0.465 e. The van der Waals surface area contributed by atoms with Crippen molar-refractivity contribution >= 4 is 34.6 Å². The summed E-state index contributed by atoms with van der Waals surface area (Å²) in [5, 5.41) is 11.9. The molecule has 3 aromatic carbocycles. The molecule has 0 radical (unpaired) electrons. The van der Waals surface area contributed by atoms with E-state index in [0.717, 1.165) is 34.9 Å². The number of amides is 2. The van der Waals surface area contributed by atoms with Gasteiger partial charge in [-0.25, -0.2) is 9.59 Å². The fourth-order valence-corrected chi connectivity index (χ4v) is 4.19. The van der Waals surface area contributed by atoms with E-state index in [-0.39, 0.29) is 0 Å². The van der Waals surface area contributed by atoms with Crippen LogP contribution in [0.15, 0.2) is 75.9 Å². The molecule has 0 bridgehead atoms. The topological polar surface area (TPSA) is 106 Å². The molecule has 7 nitrogen and oxygen atoms in total. The van der Waals surface area contributed by atoms with Gasteiger partial charge in [-0.1, -0.05) is 43.1 Å². The lowest BCUT2D eigenvalue weighted by Crippen LogP contribution is -2.32. The monoisotopic (exact) mass is 505 g/mol. The third kappa shape index (κ3) is 5.58. The number of hydrogen-bond acceptors (Lipinski definition) is 5. The molecule has 0 spiro atoms. The maximum Gasteiger partial charge on any atom is 0.411 e. The Bertz CT molecular complexity index is 1510. The van der Waals surface area contributed by atoms with Gasteiger partial charge in [0.1, 0.15) is 17.1 Å². The molecule has 1 aromatic heterocycles. The van der Waals surface area contributed by atoms with E-state index in [0.29, 0.717) is 27.7 Å². The number of fused-ring (bicyclic) bond motifs is 1. The second-order valence-corrected chi connectivity index (χ2v) is 8.82. The highest BCUT2D eigenvalue weighted by molar-refractivity contribution is 6.31. The van der Waals surface area contributed by atoms with Gasteiger partial charge in [0.15, 0.2) is 0 Å². The Kier molecular flexibility index (Phi) is 7.41. The van der Waals surface area contributed by atoms with Crippen LogP contribution in [0.1, 0.15) is 37.3 Å². The Morgan fingerprint density at radius 2 is 1.89 bits per heavy atom. The maximum atomic E-state index is 12.2. The number of nitrogens with one attached hydrogen (secondary N) is 1. The van der Waals surface area contributed by atoms with Crippen LogP contribution < -0.4 is 15.7 Å². The summed E-state index contributed by atoms with van der Waals surface area (Å²) in [7, 11) is 0. The number of carboxylic acid groups (broad SMARTS) is 1. The van der Waals surface area contributed by atoms with E-state index in [1.54, 1.807) is 43.3 Å². The zero-order chi connectivity index (χ0) is 25.8. The van der Waals surface area contributed by atoms with Gasteiger partial charge in [-0.15, -0.1) is 0 Å². The van der Waals surface area contributed by atoms with Crippen molar-refractivity contribution in [3.05, 3.63) is 93.3 Å². The molecule has 1 heterocycles. The minimum absolute atomic E-state index is 0.417. The first-order chi connectivity index (χ1) is 17.2. The summed E-state index contributed by atoms with van der Waals surface area (Å²) in [5.41, 5.74) is 3.12. The van der Waals surface area contributed by atoms with E-state index in [1.165, 1.54) is 6.07 Å². The van der Waals surface area contributed by atoms with Gasteiger partial charge in [-0.05, 0) is 72.0 Å². The number of aryl methyl sites for hydroxylation is 1. The number of hydrogen-bond donors (Lipinski definition) is 2. The smallest absolute Gasteiger partial charge is 0.411 e. The van der Waals surface area contributed by atoms with Crippen molar-refractivity contribution < 1.29 is 23.8 Å². The van der Waals surface area contributed by atoms with Crippen LogP contribution in [0.4, 0.5) is 4.79 Å². The van der Waals surface area contributed by atoms with Crippen molar-refractivity contribution in [3.8, 4) is 22.6 Å². The van der Waals surface area contributed by atoms with Gasteiger partial charge in [-0.2, -0.15) is 0 Å². The highest BCUT2D eigenvalue weighted by Crippen LogP contribution is 2.35. The van der Waals surface area contributed by atoms with E-state index in [9.17, 15) is 14.4 Å². The Hall–Kier alpha value is -4.10. The highest BCUT2D eigenvalue weighted by atomic mass is 35.5. The summed E-state index contributed by atoms with van der Waals surface area (Å²) in [6, 6.07) is 19.4. The molecular formula is C28H24ClNO6. The van der Waals surface area contributed by atoms with Crippen LogP contribution in [0, 0.1) is 0 Å². The van der Waals surface area contributed by atoms with Crippen LogP contribution in [0.3, 0.4) is 0 Å². The second-order valence-electron chi connectivity index (χ2n) is 8.38. The molecule has 0 aliphatic carbocycles. The molecule has 0 fully saturated rings. The number of halogens is 1. The molecule has 4 rings (SSSR count). The molecule has 0 saturated heterocycles. The molecule has 4 aromatic rings. The number of imide groups is 1. The molecule has 36 heavy (non-hydrogen) atoms. The van der Waals surface area contributed by atoms with Gasteiger partial charge in [0.25, 0.3) is 0 Å². The molecule has 0 aliphatic rings. The summed E-state index contributed by atoms with van der Waals surface area (Å²) in [6.07, 6.45) is 0.223. The minimum atomic E-state index is -1.39. The summed E-state index contributed by atoms with van der Waals surface area (Å²) >= 11 is 6.08. The predicted octanol–water partition coefficient (Wildman–Crippen LogP) is 6.76. The SMILES string of the molecule is CCCc1cc(-c2cc(=O)oc3cc(Cl)ccc23)ccc1Oc1cccc(C(C)C(=O)NC(=O)O)c1. The summed E-state index contributed by atoms with van der Waals surface area (Å²) < 4.78 is 11.5. The van der Waals surface area contributed by atoms with Crippen LogP contribution in [0.2, 0.25) is 5.02 Å². The van der Waals surface area contributed by atoms with Crippen molar-refractivity contribution in [1.82, 2.24) is 5.32 Å². The molecule has 2 amide bonds. The first-order valence-electron chi connectivity index (χ1n) is 11.4. The molecule has 2 N–H and O–H groups in total. The molecule has 1 unspecified atom stereocenters. The number of rotatable bonds is 7. The number of carbonyl (C=O) groups is 2. The third-order valence-electron chi connectivity index (χ3n) is 5.81. The fourth-order valence-electron chi connectivity index (χ4n) is 4.03. The van der Waals surface area contributed by atoms with Gasteiger partial charge >= 0.3 is 11.7 Å². The van der Waals surface area contributed by atoms with Gasteiger partial charge in [0.05, 0.1) is 5.92 Å². The van der Waals surface area contributed by atoms with Gasteiger partial charge in [-0.3, -0.25) is 10.1 Å². The third-order valence-corrected chi connectivity index (χ3v) is 6.04. The molecular weight excluding hydrogens is 482 g/mol. The lowest BCUT2D eigenvalue weighted by Gasteiger charge is -2.15. The largest absolute Gasteiger partial charge is 0.465 e. The zero-order valence-electron chi connectivity index (χ0n) is 19.7. The Morgan fingerprint density at radius 3 is 2.64 bits per heavy atom. The number of benzene rings is 3. The van der Waals surface area contributed by atoms with Crippen molar-refractivity contribution in [2.45, 2.75) is 32.6 Å². The van der Waals surface area contributed by atoms with Crippen molar-refractivity contribution in [3.63, 3.8) is 0 Å². The first-order valence-corrected chi connectivity index (χ1v) is 11.8. The molecule has 1 atom stereocenters. The normalized spacial score (nSPS) is 11.8. The van der Waals surface area contributed by atoms with E-state index in [2.05, 4.69) is 6.92 Å². The van der Waals surface area contributed by atoms with Gasteiger partial charge in [0.2, 0.25) is 5.91 Å². The Morgan fingerprint density at radius 1 is 1.08 bits per heavy atom. The van der Waals surface area contributed by atoms with Crippen LogP contribution in [-0.4, -0.2) is 17.1 Å². The fraction of sp³-hybridized carbons (Fsp3) is 0.179. The summed E-state index contributed by atoms with van der Waals surface area (Å²) in [4.78, 5) is 35.1. The molecule has 184 valence electrons. The van der Waals surface area contributed by atoms with E-state index < -0.39 is 23.5 Å². The maximum absolute atomic E-state index is 12.2. The second kappa shape index (κ2) is 10.7. The van der Waals surface area contributed by atoms with E-state index >= 15 is 0 Å². The molecule has 0 saturated carbocycles. The van der Waals surface area contributed by atoms with E-state index in [1.807, 2.05) is 29.6 Å². The Labute approximate surface area is 212 Å². The summed E-state index contributed by atoms with van der Waals surface area (Å²) in [5.74, 6) is -0.117. The quantitative estimate of drug-likeness (QED) is 0.269.